The summed E-state index contributed by atoms with van der Waals surface area (Å²) >= 11 is 0. The summed E-state index contributed by atoms with van der Waals surface area (Å²) in [6.45, 7) is 0.985. The fourth-order valence-corrected chi connectivity index (χ4v) is 3.77. The molecule has 3 rings (SSSR count). The van der Waals surface area contributed by atoms with E-state index in [9.17, 15) is 19.2 Å². The Morgan fingerprint density at radius 1 is 1.16 bits per heavy atom. The van der Waals surface area contributed by atoms with Crippen molar-refractivity contribution in [3.05, 3.63) is 29.8 Å². The second-order valence-corrected chi connectivity index (χ2v) is 7.51. The number of piperazine rings is 1. The molecule has 0 spiro atoms. The molecular weight excluding hydrogens is 404 g/mol. The molecule has 1 aromatic carbocycles. The summed E-state index contributed by atoms with van der Waals surface area (Å²) in [7, 11) is 2.96. The topological polar surface area (TPSA) is 117 Å². The standard InChI is InChI=1S/C21H28N4O6/c1-30-13-18(26)24-10-11-25(21(29)14-5-7-15(31-2)8-6-14)17(12-24)20(28)23-16-4-3-9-22-19(16)27/h5-8,16-17H,3-4,9-13H2,1-2H3,(H,22,27)(H,23,28)/t16-,17-/m1/s1. The maximum Gasteiger partial charge on any atom is 0.254 e. The average Bonchev–Trinajstić information content (AvgIpc) is 2.80. The Bertz CT molecular complexity index is 828. The van der Waals surface area contributed by atoms with Crippen molar-refractivity contribution in [3.8, 4) is 5.75 Å². The number of hydrogen-bond acceptors (Lipinski definition) is 6. The van der Waals surface area contributed by atoms with Gasteiger partial charge < -0.3 is 29.9 Å². The lowest BCUT2D eigenvalue weighted by Gasteiger charge is -2.41. The van der Waals surface area contributed by atoms with E-state index in [-0.39, 0.29) is 44.0 Å². The largest absolute Gasteiger partial charge is 0.497 e. The van der Waals surface area contributed by atoms with Crippen LogP contribution in [-0.2, 0) is 19.1 Å². The fourth-order valence-electron chi connectivity index (χ4n) is 3.77. The first kappa shape index (κ1) is 22.5. The van der Waals surface area contributed by atoms with E-state index >= 15 is 0 Å². The first-order valence-corrected chi connectivity index (χ1v) is 10.2. The van der Waals surface area contributed by atoms with Crippen LogP contribution in [0.1, 0.15) is 23.2 Å². The third-order valence-corrected chi connectivity index (χ3v) is 5.50. The van der Waals surface area contributed by atoms with Crippen LogP contribution in [0.15, 0.2) is 24.3 Å². The van der Waals surface area contributed by atoms with E-state index in [0.29, 0.717) is 24.3 Å². The first-order chi connectivity index (χ1) is 14.9. The number of carbonyl (C=O) groups excluding carboxylic acids is 4. The maximum atomic E-state index is 13.2. The predicted octanol–water partition coefficient (Wildman–Crippen LogP) is -0.611. The fraction of sp³-hybridized carbons (Fsp3) is 0.524. The van der Waals surface area contributed by atoms with Gasteiger partial charge in [-0.3, -0.25) is 19.2 Å². The number of nitrogens with zero attached hydrogens (tertiary/aromatic N) is 2. The van der Waals surface area contributed by atoms with Crippen molar-refractivity contribution in [1.29, 1.82) is 0 Å². The van der Waals surface area contributed by atoms with Gasteiger partial charge in [-0.2, -0.15) is 0 Å². The SMILES string of the molecule is COCC(=O)N1CCN(C(=O)c2ccc(OC)cc2)[C@@H](C(=O)N[C@@H]2CCCNC2=O)C1. The van der Waals surface area contributed by atoms with Crippen LogP contribution >= 0.6 is 0 Å². The molecule has 168 valence electrons. The molecule has 2 heterocycles. The molecule has 0 radical (unpaired) electrons. The maximum absolute atomic E-state index is 13.2. The lowest BCUT2D eigenvalue weighted by Crippen LogP contribution is -2.63. The van der Waals surface area contributed by atoms with E-state index in [1.165, 1.54) is 24.0 Å². The van der Waals surface area contributed by atoms with E-state index in [2.05, 4.69) is 10.6 Å². The highest BCUT2D eigenvalue weighted by Gasteiger charge is 2.38. The highest BCUT2D eigenvalue weighted by molar-refractivity contribution is 5.99. The Labute approximate surface area is 180 Å². The second kappa shape index (κ2) is 10.3. The van der Waals surface area contributed by atoms with Gasteiger partial charge in [0.15, 0.2) is 0 Å². The molecule has 0 aliphatic carbocycles. The summed E-state index contributed by atoms with van der Waals surface area (Å²) < 4.78 is 10.0. The van der Waals surface area contributed by atoms with Crippen molar-refractivity contribution < 1.29 is 28.7 Å². The molecule has 10 heteroatoms. The van der Waals surface area contributed by atoms with E-state index in [1.807, 2.05) is 0 Å². The minimum atomic E-state index is -0.918. The van der Waals surface area contributed by atoms with Gasteiger partial charge in [0.25, 0.3) is 5.91 Å². The molecule has 1 aromatic rings. The molecule has 2 atom stereocenters. The van der Waals surface area contributed by atoms with Gasteiger partial charge >= 0.3 is 0 Å². The lowest BCUT2D eigenvalue weighted by molar-refractivity contribution is -0.141. The number of nitrogens with one attached hydrogen (secondary N) is 2. The Kier molecular flexibility index (Phi) is 7.45. The summed E-state index contributed by atoms with van der Waals surface area (Å²) in [5.74, 6) is -0.666. The summed E-state index contributed by atoms with van der Waals surface area (Å²) in [5, 5.41) is 5.48. The number of rotatable bonds is 6. The van der Waals surface area contributed by atoms with Crippen LogP contribution in [0, 0.1) is 0 Å². The summed E-state index contributed by atoms with van der Waals surface area (Å²) in [6, 6.07) is 5.04. The van der Waals surface area contributed by atoms with Crippen molar-refractivity contribution in [1.82, 2.24) is 20.4 Å². The average molecular weight is 432 g/mol. The molecule has 0 unspecified atom stereocenters. The van der Waals surface area contributed by atoms with Crippen molar-refractivity contribution in [2.75, 3.05) is 47.0 Å². The normalized spacial score (nSPS) is 21.3. The molecule has 0 aromatic heterocycles. The summed E-state index contributed by atoms with van der Waals surface area (Å²) in [4.78, 5) is 53.6. The zero-order valence-corrected chi connectivity index (χ0v) is 17.8. The Morgan fingerprint density at radius 2 is 1.90 bits per heavy atom. The van der Waals surface area contributed by atoms with Crippen LogP contribution in [-0.4, -0.2) is 92.5 Å². The highest BCUT2D eigenvalue weighted by Crippen LogP contribution is 2.18. The zero-order valence-electron chi connectivity index (χ0n) is 17.8. The van der Waals surface area contributed by atoms with Crippen molar-refractivity contribution in [2.45, 2.75) is 24.9 Å². The van der Waals surface area contributed by atoms with Crippen LogP contribution in [0.3, 0.4) is 0 Å². The zero-order chi connectivity index (χ0) is 22.4. The third kappa shape index (κ3) is 5.32. The Hall–Kier alpha value is -3.14. The smallest absolute Gasteiger partial charge is 0.254 e. The second-order valence-electron chi connectivity index (χ2n) is 7.51. The highest BCUT2D eigenvalue weighted by atomic mass is 16.5. The van der Waals surface area contributed by atoms with Crippen LogP contribution < -0.4 is 15.4 Å². The third-order valence-electron chi connectivity index (χ3n) is 5.50. The first-order valence-electron chi connectivity index (χ1n) is 10.2. The van der Waals surface area contributed by atoms with E-state index in [0.717, 1.165) is 6.42 Å². The van der Waals surface area contributed by atoms with Gasteiger partial charge in [-0.05, 0) is 37.1 Å². The van der Waals surface area contributed by atoms with Gasteiger partial charge in [-0.15, -0.1) is 0 Å². The minimum absolute atomic E-state index is 0.0320. The predicted molar refractivity (Wildman–Crippen MR) is 110 cm³/mol. The van der Waals surface area contributed by atoms with Crippen LogP contribution in [0.25, 0.3) is 0 Å². The molecule has 0 bridgehead atoms. The molecular formula is C21H28N4O6. The molecule has 2 N–H and O–H groups in total. The van der Waals surface area contributed by atoms with Crippen molar-refractivity contribution in [2.24, 2.45) is 0 Å². The molecule has 0 saturated carbocycles. The number of amides is 4. The van der Waals surface area contributed by atoms with Gasteiger partial charge in [-0.25, -0.2) is 0 Å². The molecule has 2 saturated heterocycles. The van der Waals surface area contributed by atoms with Crippen molar-refractivity contribution >= 4 is 23.6 Å². The van der Waals surface area contributed by atoms with Gasteiger partial charge in [0.2, 0.25) is 17.7 Å². The molecule has 2 fully saturated rings. The number of methoxy groups -OCH3 is 2. The van der Waals surface area contributed by atoms with Gasteiger partial charge in [0.1, 0.15) is 24.4 Å². The van der Waals surface area contributed by atoms with Gasteiger partial charge in [0.05, 0.1) is 13.7 Å². The van der Waals surface area contributed by atoms with Crippen LogP contribution in [0.5, 0.6) is 5.75 Å². The quantitative estimate of drug-likeness (QED) is 0.619. The molecule has 4 amide bonds. The Morgan fingerprint density at radius 3 is 2.55 bits per heavy atom. The van der Waals surface area contributed by atoms with Gasteiger partial charge in [-0.1, -0.05) is 0 Å². The van der Waals surface area contributed by atoms with Gasteiger partial charge in [0, 0.05) is 32.3 Å². The molecule has 10 nitrogen and oxygen atoms in total. The number of ether oxygens (including phenoxy) is 2. The van der Waals surface area contributed by atoms with E-state index < -0.39 is 18.0 Å². The van der Waals surface area contributed by atoms with E-state index in [4.69, 9.17) is 9.47 Å². The molecule has 2 aliphatic heterocycles. The number of piperidine rings is 1. The molecule has 31 heavy (non-hydrogen) atoms. The molecule has 2 aliphatic rings. The summed E-state index contributed by atoms with van der Waals surface area (Å²) in [6.07, 6.45) is 1.29. The van der Waals surface area contributed by atoms with Crippen LogP contribution in [0.4, 0.5) is 0 Å². The number of benzene rings is 1. The number of hydrogen-bond donors (Lipinski definition) is 2. The monoisotopic (exact) mass is 432 g/mol. The minimum Gasteiger partial charge on any atom is -0.497 e. The Balaban J connectivity index is 1.79. The van der Waals surface area contributed by atoms with Crippen LogP contribution in [0.2, 0.25) is 0 Å². The van der Waals surface area contributed by atoms with Crippen molar-refractivity contribution in [3.63, 3.8) is 0 Å². The summed E-state index contributed by atoms with van der Waals surface area (Å²) in [5.41, 5.74) is 0.408. The number of carbonyl (C=O) groups is 4. The van der Waals surface area contributed by atoms with E-state index in [1.54, 1.807) is 24.3 Å². The lowest BCUT2D eigenvalue weighted by atomic mass is 10.0.